The minimum atomic E-state index is -1.47. The molecule has 2 aliphatic heterocycles. The van der Waals surface area contributed by atoms with Gasteiger partial charge in [-0.1, -0.05) is 51.5 Å². The summed E-state index contributed by atoms with van der Waals surface area (Å²) in [6, 6.07) is 11.7. The molecule has 1 unspecified atom stereocenters. The molecular weight excluding hydrogens is 837 g/mol. The Labute approximate surface area is 376 Å². The normalized spacial score (nSPS) is 31.9. The molecule has 5 N–H and O–H groups in total. The number of aliphatic hydroxyl groups excluding tert-OH is 2. The molecule has 0 aromatic heterocycles. The summed E-state index contributed by atoms with van der Waals surface area (Å²) in [5.74, 6) is -2.58. The summed E-state index contributed by atoms with van der Waals surface area (Å²) in [5, 5.41) is 30.3. The Morgan fingerprint density at radius 1 is 0.908 bits per heavy atom. The van der Waals surface area contributed by atoms with Crippen molar-refractivity contribution in [1.29, 1.82) is 0 Å². The lowest BCUT2D eigenvalue weighted by Crippen LogP contribution is -2.63. The van der Waals surface area contributed by atoms with Crippen molar-refractivity contribution in [3.63, 3.8) is 0 Å². The van der Waals surface area contributed by atoms with Crippen molar-refractivity contribution >= 4 is 46.8 Å². The maximum atomic E-state index is 13.9. The first-order chi connectivity index (χ1) is 30.9. The number of nitrogens with zero attached hydrogens (tertiary/aromatic N) is 1. The largest absolute Gasteiger partial charge is 0.457 e. The number of carbonyl (C=O) groups is 7. The molecule has 4 aliphatic carbocycles. The van der Waals surface area contributed by atoms with Gasteiger partial charge in [0, 0.05) is 53.1 Å². The van der Waals surface area contributed by atoms with Crippen LogP contribution in [0.1, 0.15) is 78.6 Å². The highest BCUT2D eigenvalue weighted by molar-refractivity contribution is 6.13. The van der Waals surface area contributed by atoms with E-state index in [1.807, 2.05) is 13.0 Å². The fraction of sp³-hybridized carbons (Fsp3) is 0.490. The third-order valence-electron chi connectivity index (χ3n) is 14.8. The van der Waals surface area contributed by atoms with E-state index in [2.05, 4.69) is 22.9 Å². The Morgan fingerprint density at radius 3 is 2.22 bits per heavy atom. The molecule has 344 valence electrons. The molecule has 8 rings (SSSR count). The average Bonchev–Trinajstić information content (AvgIpc) is 3.90. The van der Waals surface area contributed by atoms with Gasteiger partial charge in [0.2, 0.25) is 17.7 Å². The van der Waals surface area contributed by atoms with Crippen LogP contribution >= 0.6 is 0 Å². The summed E-state index contributed by atoms with van der Waals surface area (Å²) >= 11 is 0. The molecule has 5 amide bonds. The summed E-state index contributed by atoms with van der Waals surface area (Å²) in [5.41, 5.74) is -0.633. The summed E-state index contributed by atoms with van der Waals surface area (Å²) in [6.45, 7) is 8.23. The van der Waals surface area contributed by atoms with Crippen LogP contribution in [0.2, 0.25) is 0 Å². The van der Waals surface area contributed by atoms with Gasteiger partial charge in [0.25, 0.3) is 11.8 Å². The molecule has 2 aromatic rings. The molecule has 0 bridgehead atoms. The van der Waals surface area contributed by atoms with Crippen molar-refractivity contribution in [2.45, 2.75) is 103 Å². The van der Waals surface area contributed by atoms with Crippen LogP contribution in [0.5, 0.6) is 11.5 Å². The predicted octanol–water partition coefficient (Wildman–Crippen LogP) is 3.98. The number of benzene rings is 2. The summed E-state index contributed by atoms with van der Waals surface area (Å²) in [4.78, 5) is 89.5. The van der Waals surface area contributed by atoms with Crippen molar-refractivity contribution in [1.82, 2.24) is 15.5 Å². The molecule has 3 saturated carbocycles. The van der Waals surface area contributed by atoms with E-state index in [9.17, 15) is 43.8 Å². The van der Waals surface area contributed by atoms with Gasteiger partial charge in [-0.25, -0.2) is 0 Å². The van der Waals surface area contributed by atoms with Gasteiger partial charge in [-0.15, -0.1) is 0 Å². The summed E-state index contributed by atoms with van der Waals surface area (Å²) in [7, 11) is 0. The first-order valence-electron chi connectivity index (χ1n) is 22.3. The first kappa shape index (κ1) is 45.7. The number of imide groups is 1. The number of rotatable bonds is 14. The molecule has 1 saturated heterocycles. The molecule has 6 aliphatic rings. The lowest BCUT2D eigenvalue weighted by Gasteiger charge is -2.59. The van der Waals surface area contributed by atoms with Gasteiger partial charge in [-0.2, -0.15) is 0 Å². The van der Waals surface area contributed by atoms with Gasteiger partial charge >= 0.3 is 0 Å². The maximum absolute atomic E-state index is 13.9. The number of carbonyl (C=O) groups excluding carboxylic acids is 7. The number of aliphatic hydroxyl groups is 2. The second-order valence-corrected chi connectivity index (χ2v) is 19.0. The fourth-order valence-corrected chi connectivity index (χ4v) is 11.5. The number of nitrogens with one attached hydrogen (secondary N) is 3. The smallest absolute Gasteiger partial charge is 0.253 e. The zero-order chi connectivity index (χ0) is 46.6. The highest BCUT2D eigenvalue weighted by atomic mass is 16.7. The van der Waals surface area contributed by atoms with Crippen molar-refractivity contribution in [3.8, 4) is 11.5 Å². The number of anilines is 1. The van der Waals surface area contributed by atoms with E-state index in [1.54, 1.807) is 74.5 Å². The van der Waals surface area contributed by atoms with Crippen molar-refractivity contribution in [2.75, 3.05) is 18.5 Å². The Bertz CT molecular complexity index is 2360. The van der Waals surface area contributed by atoms with Gasteiger partial charge in [0.1, 0.15) is 30.2 Å². The van der Waals surface area contributed by atoms with Crippen molar-refractivity contribution < 1.29 is 58.0 Å². The molecule has 11 atom stereocenters. The summed E-state index contributed by atoms with van der Waals surface area (Å²) in [6.07, 6.45) is 7.30. The highest BCUT2D eigenvalue weighted by Crippen LogP contribution is 2.70. The fourth-order valence-electron chi connectivity index (χ4n) is 11.5. The molecule has 16 nitrogen and oxygen atoms in total. The van der Waals surface area contributed by atoms with E-state index in [1.165, 1.54) is 6.92 Å². The second-order valence-electron chi connectivity index (χ2n) is 19.0. The Hall–Kier alpha value is -5.81. The zero-order valence-corrected chi connectivity index (χ0v) is 37.1. The number of allylic oxidation sites excluding steroid dienone is 4. The number of ketones is 2. The van der Waals surface area contributed by atoms with E-state index in [-0.39, 0.29) is 48.8 Å². The molecule has 0 radical (unpaired) electrons. The first-order valence-corrected chi connectivity index (χ1v) is 22.3. The topological polar surface area (TPSA) is 227 Å². The van der Waals surface area contributed by atoms with Gasteiger partial charge in [-0.05, 0) is 98.9 Å². The van der Waals surface area contributed by atoms with Gasteiger partial charge < -0.3 is 40.4 Å². The number of fused-ring (bicyclic) bond motifs is 7. The van der Waals surface area contributed by atoms with Gasteiger partial charge in [0.05, 0.1) is 12.2 Å². The predicted molar refractivity (Wildman–Crippen MR) is 233 cm³/mol. The molecule has 4 fully saturated rings. The van der Waals surface area contributed by atoms with Crippen molar-refractivity contribution in [3.05, 3.63) is 90.0 Å². The van der Waals surface area contributed by atoms with Crippen LogP contribution in [-0.4, -0.2) is 99.3 Å². The second kappa shape index (κ2) is 17.5. The Balaban J connectivity index is 0.856. The van der Waals surface area contributed by atoms with Crippen LogP contribution in [-0.2, 0) is 43.0 Å². The number of amides is 5. The standard InChI is InChI=1S/C49H56N4O12/c1-26(2)43(52-39(58)19-21-53-40(59)16-17-41(53)60)45(62)50-27(3)44(61)51-30-9-13-33(14-10-30)63-32-11-6-28(7-12-32)46-64-38-23-35-34-15-8-29-22-31(55)18-20-47(29,4)42(34)36(56)24-48(35,5)49(38,65-46)37(57)25-54/h6-7,9-14,16-18,20,22,26-27,34-36,38,42-43,46,54,56H,8,15,19,21,23-25H2,1-5H3,(H,50,62)(H,51,61)(H,52,58)/t27-,34-,35-,36-,38+,42+,43?,46+,47-,48-,49+/m0/s1. The van der Waals surface area contributed by atoms with Crippen LogP contribution < -0.4 is 20.7 Å². The van der Waals surface area contributed by atoms with Crippen LogP contribution in [0.15, 0.2) is 84.5 Å². The van der Waals surface area contributed by atoms with E-state index in [0.29, 0.717) is 29.2 Å². The lowest BCUT2D eigenvalue weighted by atomic mass is 9.46. The third kappa shape index (κ3) is 8.14. The highest BCUT2D eigenvalue weighted by Gasteiger charge is 2.76. The summed E-state index contributed by atoms with van der Waals surface area (Å²) < 4.78 is 19.4. The maximum Gasteiger partial charge on any atom is 0.253 e. The number of ether oxygens (including phenoxy) is 3. The van der Waals surface area contributed by atoms with E-state index in [0.717, 1.165) is 35.5 Å². The molecule has 0 spiro atoms. The number of hydrogen-bond donors (Lipinski definition) is 5. The van der Waals surface area contributed by atoms with Crippen LogP contribution in [0, 0.1) is 34.5 Å². The Kier molecular flexibility index (Phi) is 12.3. The molecular formula is C49H56N4O12. The Morgan fingerprint density at radius 2 is 1.57 bits per heavy atom. The molecule has 65 heavy (non-hydrogen) atoms. The van der Waals surface area contributed by atoms with E-state index in [4.69, 9.17) is 14.2 Å². The van der Waals surface area contributed by atoms with Gasteiger partial charge in [0.15, 0.2) is 23.5 Å². The quantitative estimate of drug-likeness (QED) is 0.170. The van der Waals surface area contributed by atoms with E-state index < -0.39 is 88.9 Å². The van der Waals surface area contributed by atoms with Crippen LogP contribution in [0.25, 0.3) is 0 Å². The average molecular weight is 893 g/mol. The molecule has 16 heteroatoms. The number of hydrogen-bond acceptors (Lipinski definition) is 12. The third-order valence-corrected chi connectivity index (χ3v) is 14.8. The van der Waals surface area contributed by atoms with Gasteiger partial charge in [-0.3, -0.25) is 38.5 Å². The lowest BCUT2D eigenvalue weighted by molar-refractivity contribution is -0.201. The van der Waals surface area contributed by atoms with Crippen LogP contribution in [0.4, 0.5) is 5.69 Å². The zero-order valence-electron chi connectivity index (χ0n) is 37.1. The van der Waals surface area contributed by atoms with E-state index >= 15 is 0 Å². The monoisotopic (exact) mass is 892 g/mol. The molecule has 2 aromatic carbocycles. The minimum Gasteiger partial charge on any atom is -0.457 e. The van der Waals surface area contributed by atoms with Crippen molar-refractivity contribution in [2.24, 2.45) is 34.5 Å². The minimum absolute atomic E-state index is 0.0233. The molecule has 2 heterocycles. The SMILES string of the molecule is CC(C)C(NC(=O)CCN1C(=O)C=CC1=O)C(=O)N[C@@H](C)C(=O)Nc1ccc(Oc2ccc([C@@H]3O[C@@H]4C[C@H]5[C@@H]6CCC7=CC(=O)C=C[C@]7(C)[C@H]6[C@@H](O)C[C@]5(C)[C@]4(C(=O)CO)O3)cc2)cc1. The number of Topliss-reactive ketones (excluding diaryl/α,β-unsaturated/α-hetero) is 1. The van der Waals surface area contributed by atoms with Crippen LogP contribution in [0.3, 0.4) is 0 Å².